The van der Waals surface area contributed by atoms with E-state index in [1.54, 1.807) is 0 Å². The van der Waals surface area contributed by atoms with E-state index in [1.165, 1.54) is 11.1 Å². The highest BCUT2D eigenvalue weighted by Crippen LogP contribution is 2.40. The molecule has 0 spiro atoms. The molecule has 1 aromatic heterocycles. The standard InChI is InChI=1S/C19H22N2O2/c1-13-5-7-14(8-6-13)17-4-2-3-11-21(17)19(22)16-12-18(23-20-16)15-9-10-15/h5-8,12,15,17H,2-4,9-11H2,1H3/t17-/m1/s1. The zero-order chi connectivity index (χ0) is 15.8. The fourth-order valence-electron chi connectivity index (χ4n) is 3.41. The Morgan fingerprint density at radius 2 is 1.96 bits per heavy atom. The second kappa shape index (κ2) is 5.84. The van der Waals surface area contributed by atoms with Crippen molar-refractivity contribution in [1.82, 2.24) is 10.1 Å². The average Bonchev–Trinajstić information content (AvgIpc) is 3.32. The number of carbonyl (C=O) groups excluding carboxylic acids is 1. The smallest absolute Gasteiger partial charge is 0.276 e. The molecule has 0 bridgehead atoms. The Balaban J connectivity index is 1.58. The van der Waals surface area contributed by atoms with E-state index < -0.39 is 0 Å². The molecule has 2 aromatic rings. The lowest BCUT2D eigenvalue weighted by Crippen LogP contribution is -2.38. The molecule has 1 aliphatic carbocycles. The van der Waals surface area contributed by atoms with Crippen LogP contribution in [0.4, 0.5) is 0 Å². The molecule has 2 fully saturated rings. The van der Waals surface area contributed by atoms with Crippen molar-refractivity contribution in [2.24, 2.45) is 0 Å². The number of likely N-dealkylation sites (tertiary alicyclic amines) is 1. The summed E-state index contributed by atoms with van der Waals surface area (Å²) in [6, 6.07) is 10.5. The molecule has 1 aromatic carbocycles. The lowest BCUT2D eigenvalue weighted by Gasteiger charge is -2.35. The maximum absolute atomic E-state index is 12.9. The molecule has 0 N–H and O–H groups in total. The third kappa shape index (κ3) is 2.90. The van der Waals surface area contributed by atoms with E-state index in [2.05, 4.69) is 36.3 Å². The minimum atomic E-state index is 0.00549. The first-order chi connectivity index (χ1) is 11.2. The summed E-state index contributed by atoms with van der Waals surface area (Å²) in [5.41, 5.74) is 2.92. The number of nitrogens with zero attached hydrogens (tertiary/aromatic N) is 2. The summed E-state index contributed by atoms with van der Waals surface area (Å²) in [4.78, 5) is 14.9. The third-order valence-corrected chi connectivity index (χ3v) is 4.95. The van der Waals surface area contributed by atoms with Crippen LogP contribution < -0.4 is 0 Å². The van der Waals surface area contributed by atoms with Crippen molar-refractivity contribution in [2.45, 2.75) is 51.0 Å². The second-order valence-corrected chi connectivity index (χ2v) is 6.81. The van der Waals surface area contributed by atoms with Crippen molar-refractivity contribution < 1.29 is 9.32 Å². The van der Waals surface area contributed by atoms with E-state index in [1.807, 2.05) is 11.0 Å². The van der Waals surface area contributed by atoms with Crippen LogP contribution in [0.25, 0.3) is 0 Å². The quantitative estimate of drug-likeness (QED) is 0.852. The van der Waals surface area contributed by atoms with Crippen molar-refractivity contribution in [2.75, 3.05) is 6.54 Å². The SMILES string of the molecule is Cc1ccc([C@H]2CCCCN2C(=O)c2cc(C3CC3)on2)cc1. The van der Waals surface area contributed by atoms with Gasteiger partial charge < -0.3 is 9.42 Å². The van der Waals surface area contributed by atoms with Crippen molar-refractivity contribution >= 4 is 5.91 Å². The first-order valence-corrected chi connectivity index (χ1v) is 8.56. The van der Waals surface area contributed by atoms with Crippen LogP contribution in [0.2, 0.25) is 0 Å². The van der Waals surface area contributed by atoms with Crippen LogP contribution in [-0.4, -0.2) is 22.5 Å². The highest BCUT2D eigenvalue weighted by Gasteiger charge is 2.33. The van der Waals surface area contributed by atoms with Crippen molar-refractivity contribution in [1.29, 1.82) is 0 Å². The number of piperidine rings is 1. The van der Waals surface area contributed by atoms with E-state index >= 15 is 0 Å². The largest absolute Gasteiger partial charge is 0.360 e. The number of rotatable bonds is 3. The molecule has 0 radical (unpaired) electrons. The second-order valence-electron chi connectivity index (χ2n) is 6.81. The molecule has 23 heavy (non-hydrogen) atoms. The molecule has 4 nitrogen and oxygen atoms in total. The molecule has 1 saturated carbocycles. The van der Waals surface area contributed by atoms with Crippen LogP contribution in [0, 0.1) is 6.92 Å². The summed E-state index contributed by atoms with van der Waals surface area (Å²) < 4.78 is 5.36. The molecular weight excluding hydrogens is 288 g/mol. The fourth-order valence-corrected chi connectivity index (χ4v) is 3.41. The van der Waals surface area contributed by atoms with Gasteiger partial charge in [0, 0.05) is 18.5 Å². The maximum Gasteiger partial charge on any atom is 0.276 e. The van der Waals surface area contributed by atoms with Crippen LogP contribution in [-0.2, 0) is 0 Å². The van der Waals surface area contributed by atoms with E-state index in [0.717, 1.165) is 44.4 Å². The summed E-state index contributed by atoms with van der Waals surface area (Å²) in [6.45, 7) is 2.88. The topological polar surface area (TPSA) is 46.3 Å². The van der Waals surface area contributed by atoms with Gasteiger partial charge in [-0.1, -0.05) is 35.0 Å². The number of hydrogen-bond donors (Lipinski definition) is 0. The molecule has 2 heterocycles. The summed E-state index contributed by atoms with van der Waals surface area (Å²) >= 11 is 0. The lowest BCUT2D eigenvalue weighted by atomic mass is 9.94. The van der Waals surface area contributed by atoms with Gasteiger partial charge in [0.25, 0.3) is 5.91 Å². The molecule has 1 aliphatic heterocycles. The lowest BCUT2D eigenvalue weighted by molar-refractivity contribution is 0.0601. The van der Waals surface area contributed by atoms with Crippen LogP contribution in [0.5, 0.6) is 0 Å². The van der Waals surface area contributed by atoms with Gasteiger partial charge in [0.15, 0.2) is 5.69 Å². The van der Waals surface area contributed by atoms with Gasteiger partial charge in [-0.25, -0.2) is 0 Å². The monoisotopic (exact) mass is 310 g/mol. The average molecular weight is 310 g/mol. The number of benzene rings is 1. The maximum atomic E-state index is 12.9. The fraction of sp³-hybridized carbons (Fsp3) is 0.474. The molecule has 1 saturated heterocycles. The highest BCUT2D eigenvalue weighted by molar-refractivity contribution is 5.92. The first kappa shape index (κ1) is 14.5. The molecule has 120 valence electrons. The Labute approximate surface area is 136 Å². The van der Waals surface area contributed by atoms with Crippen molar-refractivity contribution in [3.8, 4) is 0 Å². The molecule has 2 aliphatic rings. The Hall–Kier alpha value is -2.10. The minimum absolute atomic E-state index is 0.00549. The van der Waals surface area contributed by atoms with Gasteiger partial charge in [0.05, 0.1) is 6.04 Å². The Morgan fingerprint density at radius 1 is 1.17 bits per heavy atom. The van der Waals surface area contributed by atoms with E-state index in [0.29, 0.717) is 11.6 Å². The van der Waals surface area contributed by atoms with Crippen LogP contribution in [0.1, 0.15) is 71.4 Å². The number of carbonyl (C=O) groups is 1. The van der Waals surface area contributed by atoms with Gasteiger partial charge in [-0.15, -0.1) is 0 Å². The molecule has 1 atom stereocenters. The number of amides is 1. The number of hydrogen-bond acceptors (Lipinski definition) is 3. The van der Waals surface area contributed by atoms with Gasteiger partial charge in [0.2, 0.25) is 0 Å². The first-order valence-electron chi connectivity index (χ1n) is 8.56. The zero-order valence-electron chi connectivity index (χ0n) is 13.5. The third-order valence-electron chi connectivity index (χ3n) is 4.95. The zero-order valence-corrected chi connectivity index (χ0v) is 13.5. The van der Waals surface area contributed by atoms with Crippen LogP contribution in [0.3, 0.4) is 0 Å². The van der Waals surface area contributed by atoms with Crippen LogP contribution >= 0.6 is 0 Å². The number of aryl methyl sites for hydroxylation is 1. The predicted octanol–water partition coefficient (Wildman–Crippen LogP) is 4.23. The van der Waals surface area contributed by atoms with E-state index in [-0.39, 0.29) is 11.9 Å². The number of aromatic nitrogens is 1. The van der Waals surface area contributed by atoms with Gasteiger partial charge in [-0.05, 0) is 44.6 Å². The summed E-state index contributed by atoms with van der Waals surface area (Å²) in [5.74, 6) is 1.36. The van der Waals surface area contributed by atoms with Crippen molar-refractivity contribution in [3.05, 3.63) is 52.9 Å². The van der Waals surface area contributed by atoms with Gasteiger partial charge in [-0.2, -0.15) is 0 Å². The van der Waals surface area contributed by atoms with Crippen molar-refractivity contribution in [3.63, 3.8) is 0 Å². The van der Waals surface area contributed by atoms with E-state index in [4.69, 9.17) is 4.52 Å². The summed E-state index contributed by atoms with van der Waals surface area (Å²) in [6.07, 6.45) is 5.54. The highest BCUT2D eigenvalue weighted by atomic mass is 16.5. The Kier molecular flexibility index (Phi) is 3.68. The van der Waals surface area contributed by atoms with E-state index in [9.17, 15) is 4.79 Å². The molecule has 4 heteroatoms. The predicted molar refractivity (Wildman–Crippen MR) is 87.3 cm³/mol. The summed E-state index contributed by atoms with van der Waals surface area (Å²) in [7, 11) is 0. The van der Waals surface area contributed by atoms with Crippen LogP contribution in [0.15, 0.2) is 34.9 Å². The Bertz CT molecular complexity index is 700. The van der Waals surface area contributed by atoms with Gasteiger partial charge >= 0.3 is 0 Å². The van der Waals surface area contributed by atoms with Gasteiger partial charge in [-0.3, -0.25) is 4.79 Å². The minimum Gasteiger partial charge on any atom is -0.360 e. The molecule has 1 amide bonds. The molecular formula is C19H22N2O2. The summed E-state index contributed by atoms with van der Waals surface area (Å²) in [5, 5.41) is 4.03. The van der Waals surface area contributed by atoms with Gasteiger partial charge in [0.1, 0.15) is 5.76 Å². The normalized spacial score (nSPS) is 21.4. The molecule has 0 unspecified atom stereocenters. The molecule has 4 rings (SSSR count). The Morgan fingerprint density at radius 3 is 2.70 bits per heavy atom.